The van der Waals surface area contributed by atoms with Crippen molar-refractivity contribution in [2.75, 3.05) is 20.6 Å². The van der Waals surface area contributed by atoms with Gasteiger partial charge in [-0.2, -0.15) is 0 Å². The van der Waals surface area contributed by atoms with E-state index in [0.717, 1.165) is 35.4 Å². The molecule has 0 atom stereocenters. The smallest absolute Gasteiger partial charge is 0.145 e. The Morgan fingerprint density at radius 3 is 2.77 bits per heavy atom. The van der Waals surface area contributed by atoms with Gasteiger partial charge in [-0.3, -0.25) is 4.98 Å². The molecule has 0 fully saturated rings. The van der Waals surface area contributed by atoms with E-state index >= 15 is 0 Å². The number of H-pyrrole nitrogens is 1. The summed E-state index contributed by atoms with van der Waals surface area (Å²) in [7, 11) is 4.17. The van der Waals surface area contributed by atoms with Gasteiger partial charge in [0.05, 0.1) is 6.20 Å². The third-order valence-electron chi connectivity index (χ3n) is 3.44. The zero-order valence-corrected chi connectivity index (χ0v) is 13.6. The van der Waals surface area contributed by atoms with E-state index < -0.39 is 0 Å². The molecule has 0 aliphatic heterocycles. The van der Waals surface area contributed by atoms with Crippen molar-refractivity contribution in [1.29, 1.82) is 0 Å². The molecule has 22 heavy (non-hydrogen) atoms. The van der Waals surface area contributed by atoms with Crippen molar-refractivity contribution in [2.45, 2.75) is 6.42 Å². The molecule has 1 N–H and O–H groups in total. The van der Waals surface area contributed by atoms with Crippen LogP contribution in [-0.4, -0.2) is 35.5 Å². The van der Waals surface area contributed by atoms with Crippen LogP contribution >= 0.6 is 12.4 Å². The number of aromatic amines is 1. The highest BCUT2D eigenvalue weighted by Crippen LogP contribution is 2.32. The van der Waals surface area contributed by atoms with Gasteiger partial charge in [-0.1, -0.05) is 6.07 Å². The van der Waals surface area contributed by atoms with Gasteiger partial charge in [0, 0.05) is 29.8 Å². The molecule has 0 bridgehead atoms. The van der Waals surface area contributed by atoms with Crippen LogP contribution in [-0.2, 0) is 6.42 Å². The molecule has 2 aromatic heterocycles. The van der Waals surface area contributed by atoms with Gasteiger partial charge in [-0.05, 0) is 50.3 Å². The zero-order valence-electron chi connectivity index (χ0n) is 12.7. The minimum Gasteiger partial charge on any atom is -0.455 e. The lowest BCUT2D eigenvalue weighted by molar-refractivity contribution is 0.414. The maximum absolute atomic E-state index is 6.00. The molecule has 0 saturated heterocycles. The third kappa shape index (κ3) is 3.59. The predicted molar refractivity (Wildman–Crippen MR) is 92.1 cm³/mol. The highest BCUT2D eigenvalue weighted by molar-refractivity contribution is 5.89. The van der Waals surface area contributed by atoms with Crippen molar-refractivity contribution in [3.8, 4) is 11.5 Å². The highest BCUT2D eigenvalue weighted by Gasteiger charge is 2.10. The Morgan fingerprint density at radius 1 is 1.18 bits per heavy atom. The number of hydrogen-bond acceptors (Lipinski definition) is 3. The van der Waals surface area contributed by atoms with Crippen molar-refractivity contribution < 1.29 is 4.74 Å². The largest absolute Gasteiger partial charge is 0.455 e. The van der Waals surface area contributed by atoms with E-state index in [1.165, 1.54) is 5.56 Å². The number of aromatic nitrogens is 2. The molecule has 3 aromatic rings. The molecule has 2 heterocycles. The topological polar surface area (TPSA) is 41.2 Å². The Morgan fingerprint density at radius 2 is 2.05 bits per heavy atom. The van der Waals surface area contributed by atoms with E-state index in [1.54, 1.807) is 12.4 Å². The molecule has 1 aromatic carbocycles. The summed E-state index contributed by atoms with van der Waals surface area (Å²) in [5, 5.41) is 1.16. The molecule has 3 rings (SSSR count). The molecule has 4 nitrogen and oxygen atoms in total. The van der Waals surface area contributed by atoms with Gasteiger partial charge < -0.3 is 14.6 Å². The molecular formula is C17H20ClN3O. The van der Waals surface area contributed by atoms with E-state index in [9.17, 15) is 0 Å². The number of nitrogens with one attached hydrogen (secondary N) is 1. The number of nitrogens with zero attached hydrogens (tertiary/aromatic N) is 2. The average molecular weight is 318 g/mol. The molecule has 0 aliphatic rings. The molecule has 116 valence electrons. The summed E-state index contributed by atoms with van der Waals surface area (Å²) in [4.78, 5) is 9.60. The lowest BCUT2D eigenvalue weighted by Crippen LogP contribution is -2.14. The van der Waals surface area contributed by atoms with Gasteiger partial charge in [0.15, 0.2) is 0 Å². The van der Waals surface area contributed by atoms with Gasteiger partial charge in [-0.25, -0.2) is 0 Å². The van der Waals surface area contributed by atoms with Crippen molar-refractivity contribution >= 4 is 23.3 Å². The predicted octanol–water partition coefficient (Wildman–Crippen LogP) is 3.88. The second-order valence-electron chi connectivity index (χ2n) is 5.34. The van der Waals surface area contributed by atoms with Crippen LogP contribution < -0.4 is 4.74 Å². The van der Waals surface area contributed by atoms with Crippen LogP contribution in [0.25, 0.3) is 10.9 Å². The molecule has 0 unspecified atom stereocenters. The summed E-state index contributed by atoms with van der Waals surface area (Å²) in [5.74, 6) is 1.63. The summed E-state index contributed by atoms with van der Waals surface area (Å²) in [5.41, 5.74) is 2.38. The van der Waals surface area contributed by atoms with E-state index in [-0.39, 0.29) is 12.4 Å². The number of rotatable bonds is 5. The molecule has 0 aliphatic carbocycles. The van der Waals surface area contributed by atoms with E-state index in [2.05, 4.69) is 41.2 Å². The first-order chi connectivity index (χ1) is 10.2. The second-order valence-corrected chi connectivity index (χ2v) is 5.34. The van der Waals surface area contributed by atoms with Gasteiger partial charge >= 0.3 is 0 Å². The first-order valence-corrected chi connectivity index (χ1v) is 7.05. The second kappa shape index (κ2) is 7.29. The fourth-order valence-electron chi connectivity index (χ4n) is 2.38. The van der Waals surface area contributed by atoms with E-state index in [4.69, 9.17) is 4.74 Å². The van der Waals surface area contributed by atoms with Crippen LogP contribution in [0.2, 0.25) is 0 Å². The first kappa shape index (κ1) is 16.3. The third-order valence-corrected chi connectivity index (χ3v) is 3.44. The van der Waals surface area contributed by atoms with Gasteiger partial charge in [-0.15, -0.1) is 12.4 Å². The van der Waals surface area contributed by atoms with Gasteiger partial charge in [0.1, 0.15) is 11.5 Å². The number of likely N-dealkylation sites (N-methyl/N-ethyl adjacent to an activating group) is 1. The Kier molecular flexibility index (Phi) is 5.41. The standard InChI is InChI=1S/C17H19N3O.ClH/c1-20(2)10-8-13-11-19-15-6-3-7-16(17(13)15)21-14-5-4-9-18-12-14;/h3-7,9,11-12,19H,8,10H2,1-2H3;1H. The maximum Gasteiger partial charge on any atom is 0.145 e. The Bertz CT molecular complexity index is 725. The number of hydrogen-bond donors (Lipinski definition) is 1. The molecule has 5 heteroatoms. The molecule has 0 spiro atoms. The summed E-state index contributed by atoms with van der Waals surface area (Å²) >= 11 is 0. The van der Waals surface area contributed by atoms with Crippen LogP contribution in [0.3, 0.4) is 0 Å². The van der Waals surface area contributed by atoms with Crippen molar-refractivity contribution in [1.82, 2.24) is 14.9 Å². The van der Waals surface area contributed by atoms with E-state index in [1.807, 2.05) is 24.3 Å². The first-order valence-electron chi connectivity index (χ1n) is 7.05. The fraction of sp³-hybridized carbons (Fsp3) is 0.235. The van der Waals surface area contributed by atoms with Crippen LogP contribution in [0.4, 0.5) is 0 Å². The monoisotopic (exact) mass is 317 g/mol. The molecule has 0 amide bonds. The summed E-state index contributed by atoms with van der Waals surface area (Å²) < 4.78 is 6.00. The number of halogens is 1. The highest BCUT2D eigenvalue weighted by atomic mass is 35.5. The fourth-order valence-corrected chi connectivity index (χ4v) is 2.38. The minimum atomic E-state index is 0. The van der Waals surface area contributed by atoms with Crippen LogP contribution in [0.15, 0.2) is 48.9 Å². The van der Waals surface area contributed by atoms with Crippen molar-refractivity contribution in [3.63, 3.8) is 0 Å². The Hall–Kier alpha value is -2.04. The normalized spacial score (nSPS) is 10.7. The lowest BCUT2D eigenvalue weighted by atomic mass is 10.1. The summed E-state index contributed by atoms with van der Waals surface area (Å²) in [6, 6.07) is 9.87. The summed E-state index contributed by atoms with van der Waals surface area (Å²) in [6.45, 7) is 1.01. The number of benzene rings is 1. The SMILES string of the molecule is CN(C)CCc1c[nH]c2cccc(Oc3cccnc3)c12.Cl. The van der Waals surface area contributed by atoms with Gasteiger partial charge in [0.2, 0.25) is 0 Å². The average Bonchev–Trinajstić information content (AvgIpc) is 2.90. The summed E-state index contributed by atoms with van der Waals surface area (Å²) in [6.07, 6.45) is 6.53. The van der Waals surface area contributed by atoms with Crippen molar-refractivity contribution in [2.24, 2.45) is 0 Å². The number of pyridine rings is 1. The lowest BCUT2D eigenvalue weighted by Gasteiger charge is -2.10. The zero-order chi connectivity index (χ0) is 14.7. The number of ether oxygens (including phenoxy) is 1. The Labute approximate surface area is 136 Å². The Balaban J connectivity index is 0.00000176. The number of fused-ring (bicyclic) bond motifs is 1. The molecule has 0 saturated carbocycles. The van der Waals surface area contributed by atoms with Crippen LogP contribution in [0.1, 0.15) is 5.56 Å². The van der Waals surface area contributed by atoms with Crippen LogP contribution in [0.5, 0.6) is 11.5 Å². The maximum atomic E-state index is 6.00. The van der Waals surface area contributed by atoms with Crippen molar-refractivity contribution in [3.05, 3.63) is 54.5 Å². The van der Waals surface area contributed by atoms with Gasteiger partial charge in [0.25, 0.3) is 0 Å². The van der Waals surface area contributed by atoms with E-state index in [0.29, 0.717) is 0 Å². The van der Waals surface area contributed by atoms with Crippen LogP contribution in [0, 0.1) is 0 Å². The molecular weight excluding hydrogens is 298 g/mol. The minimum absolute atomic E-state index is 0. The molecule has 0 radical (unpaired) electrons. The quantitative estimate of drug-likeness (QED) is 0.776.